The Hall–Kier alpha value is -1.17. The Labute approximate surface area is 130 Å². The largest absolute Gasteiger partial charge is 0.477 e. The van der Waals surface area contributed by atoms with Crippen LogP contribution in [0.25, 0.3) is 6.08 Å². The predicted octanol–water partition coefficient (Wildman–Crippen LogP) is 3.70. The molecule has 0 aromatic heterocycles. The van der Waals surface area contributed by atoms with Gasteiger partial charge in [-0.1, -0.05) is 29.8 Å². The van der Waals surface area contributed by atoms with Gasteiger partial charge < -0.3 is 5.11 Å². The number of thioether (sulfide) groups is 2. The van der Waals surface area contributed by atoms with E-state index in [9.17, 15) is 14.7 Å². The van der Waals surface area contributed by atoms with Crippen LogP contribution in [0.1, 0.15) is 5.56 Å². The summed E-state index contributed by atoms with van der Waals surface area (Å²) in [5, 5.41) is 9.71. The van der Waals surface area contributed by atoms with E-state index in [-0.39, 0.29) is 5.57 Å². The SMILES string of the molecule is O=C(O)C(C(=O)/C=C/c1ccccc1Cl)=C1SCCS1. The number of benzene rings is 1. The van der Waals surface area contributed by atoms with Gasteiger partial charge in [0.15, 0.2) is 5.78 Å². The highest BCUT2D eigenvalue weighted by Crippen LogP contribution is 2.39. The van der Waals surface area contributed by atoms with Gasteiger partial charge in [-0.05, 0) is 23.8 Å². The van der Waals surface area contributed by atoms with Crippen molar-refractivity contribution >= 4 is 53.0 Å². The van der Waals surface area contributed by atoms with Crippen molar-refractivity contribution in [2.24, 2.45) is 0 Å². The number of carboxylic acid groups (broad SMARTS) is 1. The van der Waals surface area contributed by atoms with E-state index in [1.807, 2.05) is 0 Å². The van der Waals surface area contributed by atoms with Gasteiger partial charge >= 0.3 is 5.97 Å². The molecule has 1 fully saturated rings. The fraction of sp³-hybridized carbons (Fsp3) is 0.143. The van der Waals surface area contributed by atoms with Crippen molar-refractivity contribution < 1.29 is 14.7 Å². The van der Waals surface area contributed by atoms with Crippen LogP contribution in [0.4, 0.5) is 0 Å². The van der Waals surface area contributed by atoms with Crippen LogP contribution in [0.5, 0.6) is 0 Å². The fourth-order valence-electron chi connectivity index (χ4n) is 1.61. The van der Waals surface area contributed by atoms with Crippen LogP contribution >= 0.6 is 35.1 Å². The van der Waals surface area contributed by atoms with E-state index in [0.717, 1.165) is 11.5 Å². The van der Waals surface area contributed by atoms with Crippen molar-refractivity contribution in [1.82, 2.24) is 0 Å². The van der Waals surface area contributed by atoms with E-state index in [1.54, 1.807) is 30.3 Å². The molecule has 1 heterocycles. The number of allylic oxidation sites excluding steroid dienone is 1. The van der Waals surface area contributed by atoms with Gasteiger partial charge in [0.1, 0.15) is 5.57 Å². The highest BCUT2D eigenvalue weighted by Gasteiger charge is 2.24. The number of ketones is 1. The number of rotatable bonds is 4. The van der Waals surface area contributed by atoms with Crippen molar-refractivity contribution in [3.8, 4) is 0 Å². The molecule has 0 bridgehead atoms. The third-order valence-corrected chi connectivity index (χ3v) is 5.59. The summed E-state index contributed by atoms with van der Waals surface area (Å²) in [5.74, 6) is -0.0265. The second kappa shape index (κ2) is 7.02. The number of hydrogen-bond acceptors (Lipinski definition) is 4. The lowest BCUT2D eigenvalue weighted by atomic mass is 10.1. The Morgan fingerprint density at radius 2 is 1.85 bits per heavy atom. The molecule has 0 spiro atoms. The summed E-state index contributed by atoms with van der Waals surface area (Å²) >= 11 is 8.80. The first-order valence-electron chi connectivity index (χ1n) is 5.79. The molecular formula is C14H11ClO3S2. The number of carbonyl (C=O) groups is 2. The Morgan fingerprint density at radius 3 is 2.45 bits per heavy atom. The summed E-state index contributed by atoms with van der Waals surface area (Å²) in [4.78, 5) is 23.3. The van der Waals surface area contributed by atoms with Crippen molar-refractivity contribution in [2.75, 3.05) is 11.5 Å². The van der Waals surface area contributed by atoms with Crippen molar-refractivity contribution in [3.63, 3.8) is 0 Å². The maximum Gasteiger partial charge on any atom is 0.341 e. The molecule has 0 amide bonds. The highest BCUT2D eigenvalue weighted by atomic mass is 35.5. The summed E-state index contributed by atoms with van der Waals surface area (Å²) in [6, 6.07) is 7.07. The molecule has 0 radical (unpaired) electrons. The topological polar surface area (TPSA) is 54.4 Å². The van der Waals surface area contributed by atoms with Gasteiger partial charge in [0.25, 0.3) is 0 Å². The van der Waals surface area contributed by atoms with Crippen LogP contribution in [0.3, 0.4) is 0 Å². The molecule has 2 rings (SSSR count). The monoisotopic (exact) mass is 326 g/mol. The average molecular weight is 327 g/mol. The first kappa shape index (κ1) is 15.2. The van der Waals surface area contributed by atoms with Crippen LogP contribution in [-0.4, -0.2) is 28.4 Å². The summed E-state index contributed by atoms with van der Waals surface area (Å²) < 4.78 is 0.589. The molecule has 0 atom stereocenters. The van der Waals surface area contributed by atoms with E-state index in [0.29, 0.717) is 14.8 Å². The lowest BCUT2D eigenvalue weighted by Crippen LogP contribution is -2.11. The van der Waals surface area contributed by atoms with Gasteiger partial charge in [-0.25, -0.2) is 4.79 Å². The van der Waals surface area contributed by atoms with Gasteiger partial charge in [-0.3, -0.25) is 4.79 Å². The van der Waals surface area contributed by atoms with Gasteiger partial charge in [-0.15, -0.1) is 23.5 Å². The zero-order valence-electron chi connectivity index (χ0n) is 10.3. The molecule has 0 unspecified atom stereocenters. The summed E-state index contributed by atoms with van der Waals surface area (Å²) in [5.41, 5.74) is 0.532. The molecule has 20 heavy (non-hydrogen) atoms. The molecule has 1 aliphatic rings. The molecule has 6 heteroatoms. The molecule has 104 valence electrons. The van der Waals surface area contributed by atoms with Crippen LogP contribution in [-0.2, 0) is 9.59 Å². The summed E-state index contributed by atoms with van der Waals surface area (Å²) in [7, 11) is 0. The maximum atomic E-state index is 12.1. The zero-order chi connectivity index (χ0) is 14.5. The van der Waals surface area contributed by atoms with Gasteiger partial charge in [0.05, 0.1) is 4.24 Å². The third-order valence-electron chi connectivity index (χ3n) is 2.53. The number of hydrogen-bond donors (Lipinski definition) is 1. The fourth-order valence-corrected chi connectivity index (χ4v) is 4.34. The molecular weight excluding hydrogens is 316 g/mol. The van der Waals surface area contributed by atoms with E-state index in [1.165, 1.54) is 29.6 Å². The molecule has 1 aromatic carbocycles. The van der Waals surface area contributed by atoms with Gasteiger partial charge in [0.2, 0.25) is 0 Å². The Balaban J connectivity index is 2.24. The number of aliphatic carboxylic acids is 1. The predicted molar refractivity (Wildman–Crippen MR) is 85.1 cm³/mol. The molecule has 1 aromatic rings. The minimum absolute atomic E-state index is 0.152. The smallest absolute Gasteiger partial charge is 0.341 e. The number of carbonyl (C=O) groups excluding carboxylic acids is 1. The second-order valence-corrected chi connectivity index (χ2v) is 6.76. The molecule has 1 N–H and O–H groups in total. The lowest BCUT2D eigenvalue weighted by Gasteiger charge is -2.02. The minimum Gasteiger partial charge on any atom is -0.477 e. The molecule has 1 aliphatic heterocycles. The summed E-state index contributed by atoms with van der Waals surface area (Å²) in [6.07, 6.45) is 2.80. The van der Waals surface area contributed by atoms with Crippen molar-refractivity contribution in [1.29, 1.82) is 0 Å². The van der Waals surface area contributed by atoms with E-state index in [2.05, 4.69) is 0 Å². The second-order valence-electron chi connectivity index (χ2n) is 3.88. The lowest BCUT2D eigenvalue weighted by molar-refractivity contribution is -0.134. The van der Waals surface area contributed by atoms with Crippen LogP contribution in [0.2, 0.25) is 5.02 Å². The zero-order valence-corrected chi connectivity index (χ0v) is 12.7. The maximum absolute atomic E-state index is 12.1. The Morgan fingerprint density at radius 1 is 1.20 bits per heavy atom. The first-order valence-corrected chi connectivity index (χ1v) is 8.14. The highest BCUT2D eigenvalue weighted by molar-refractivity contribution is 8.25. The Kier molecular flexibility index (Phi) is 5.34. The standard InChI is InChI=1S/C14H11ClO3S2/c15-10-4-2-1-3-9(10)5-6-11(16)12(13(17)18)14-19-7-8-20-14/h1-6H,7-8H2,(H,17,18)/b6-5+. The first-order chi connectivity index (χ1) is 9.59. The van der Waals surface area contributed by atoms with E-state index < -0.39 is 11.8 Å². The van der Waals surface area contributed by atoms with E-state index in [4.69, 9.17) is 11.6 Å². The van der Waals surface area contributed by atoms with Crippen LogP contribution < -0.4 is 0 Å². The molecule has 3 nitrogen and oxygen atoms in total. The van der Waals surface area contributed by atoms with Crippen LogP contribution in [0.15, 0.2) is 40.2 Å². The van der Waals surface area contributed by atoms with E-state index >= 15 is 0 Å². The van der Waals surface area contributed by atoms with Gasteiger partial charge in [0, 0.05) is 16.5 Å². The minimum atomic E-state index is -1.18. The number of carboxylic acids is 1. The Bertz CT molecular complexity index is 600. The summed E-state index contributed by atoms with van der Waals surface area (Å²) in [6.45, 7) is 0. The van der Waals surface area contributed by atoms with Gasteiger partial charge in [-0.2, -0.15) is 0 Å². The number of halogens is 1. The molecule has 0 aliphatic carbocycles. The normalized spacial score (nSPS) is 14.8. The average Bonchev–Trinajstić information content (AvgIpc) is 2.91. The molecule has 0 saturated carbocycles. The molecule has 1 saturated heterocycles. The quantitative estimate of drug-likeness (QED) is 0.519. The van der Waals surface area contributed by atoms with Crippen LogP contribution in [0, 0.1) is 0 Å². The third kappa shape index (κ3) is 3.69. The van der Waals surface area contributed by atoms with Crippen molar-refractivity contribution in [2.45, 2.75) is 0 Å². The van der Waals surface area contributed by atoms with Crippen molar-refractivity contribution in [3.05, 3.63) is 50.7 Å².